The zero-order valence-corrected chi connectivity index (χ0v) is 20.2. The average molecular weight is 509 g/mol. The molecule has 0 aliphatic carbocycles. The first-order chi connectivity index (χ1) is 17.0. The van der Waals surface area contributed by atoms with Crippen LogP contribution in [0.25, 0.3) is 11.4 Å². The number of methoxy groups -OCH3 is 1. The molecule has 2 aromatic heterocycles. The topological polar surface area (TPSA) is 112 Å². The van der Waals surface area contributed by atoms with Gasteiger partial charge in [0.25, 0.3) is 5.91 Å². The third kappa shape index (κ3) is 4.62. The van der Waals surface area contributed by atoms with Crippen LogP contribution in [0.4, 0.5) is 0 Å². The van der Waals surface area contributed by atoms with Crippen molar-refractivity contribution in [1.29, 1.82) is 0 Å². The van der Waals surface area contributed by atoms with Crippen molar-refractivity contribution in [3.63, 3.8) is 0 Å². The maximum Gasteiger partial charge on any atom is 0.253 e. The van der Waals surface area contributed by atoms with Gasteiger partial charge in [-0.2, -0.15) is 5.10 Å². The van der Waals surface area contributed by atoms with Crippen molar-refractivity contribution in [3.05, 3.63) is 83.3 Å². The molecule has 0 bridgehead atoms. The summed E-state index contributed by atoms with van der Waals surface area (Å²) in [6, 6.07) is 18.1. The van der Waals surface area contributed by atoms with Gasteiger partial charge in [-0.25, -0.2) is 9.69 Å². The van der Waals surface area contributed by atoms with E-state index in [1.807, 2.05) is 42.5 Å². The van der Waals surface area contributed by atoms with Crippen LogP contribution in [0.5, 0.6) is 5.75 Å². The number of rotatable bonds is 7. The highest BCUT2D eigenvalue weighted by molar-refractivity contribution is 7.99. The molecule has 5 rings (SSSR count). The Balaban J connectivity index is 1.35. The molecule has 178 valence electrons. The molecule has 0 radical (unpaired) electrons. The molecule has 0 unspecified atom stereocenters. The van der Waals surface area contributed by atoms with Crippen molar-refractivity contribution < 1.29 is 13.9 Å². The van der Waals surface area contributed by atoms with Gasteiger partial charge in [0.2, 0.25) is 5.16 Å². The van der Waals surface area contributed by atoms with Crippen LogP contribution in [-0.4, -0.2) is 44.4 Å². The third-order valence-corrected chi connectivity index (χ3v) is 6.73. The zero-order chi connectivity index (χ0) is 24.4. The second-order valence-corrected chi connectivity index (χ2v) is 9.07. The van der Waals surface area contributed by atoms with Gasteiger partial charge in [-0.05, 0) is 42.0 Å². The number of hydrogen-bond donors (Lipinski definition) is 1. The first-order valence-electron chi connectivity index (χ1n) is 10.7. The molecule has 1 amide bonds. The van der Waals surface area contributed by atoms with Crippen LogP contribution >= 0.6 is 23.4 Å². The molecule has 1 aliphatic rings. The van der Waals surface area contributed by atoms with Crippen LogP contribution in [0.3, 0.4) is 0 Å². The lowest BCUT2D eigenvalue weighted by Gasteiger charge is -2.19. The van der Waals surface area contributed by atoms with Crippen molar-refractivity contribution in [2.45, 2.75) is 17.6 Å². The van der Waals surface area contributed by atoms with E-state index in [0.29, 0.717) is 39.5 Å². The summed E-state index contributed by atoms with van der Waals surface area (Å²) >= 11 is 7.21. The summed E-state index contributed by atoms with van der Waals surface area (Å²) in [6.07, 6.45) is 2.11. The largest absolute Gasteiger partial charge is 0.496 e. The highest BCUT2D eigenvalue weighted by atomic mass is 35.5. The minimum atomic E-state index is -0.344. The van der Waals surface area contributed by atoms with Crippen LogP contribution in [-0.2, 0) is 4.79 Å². The lowest BCUT2D eigenvalue weighted by atomic mass is 10.0. The molecule has 0 fully saturated rings. The molecule has 35 heavy (non-hydrogen) atoms. The summed E-state index contributed by atoms with van der Waals surface area (Å²) < 4.78 is 12.4. The molecular formula is C24H21ClN6O3S. The van der Waals surface area contributed by atoms with E-state index in [0.717, 1.165) is 11.3 Å². The summed E-state index contributed by atoms with van der Waals surface area (Å²) in [5, 5.41) is 15.5. The van der Waals surface area contributed by atoms with E-state index in [1.165, 1.54) is 21.4 Å². The van der Waals surface area contributed by atoms with Gasteiger partial charge in [0, 0.05) is 11.4 Å². The number of halogens is 1. The Morgan fingerprint density at radius 1 is 1.17 bits per heavy atom. The molecule has 2 N–H and O–H groups in total. The monoisotopic (exact) mass is 508 g/mol. The summed E-state index contributed by atoms with van der Waals surface area (Å²) in [4.78, 5) is 13.3. The van der Waals surface area contributed by atoms with Gasteiger partial charge >= 0.3 is 0 Å². The van der Waals surface area contributed by atoms with E-state index in [1.54, 1.807) is 31.6 Å². The molecule has 4 aromatic rings. The number of carbonyl (C=O) groups excluding carboxylic acids is 1. The number of benzene rings is 2. The number of ether oxygens (including phenoxy) is 1. The molecule has 9 nitrogen and oxygen atoms in total. The van der Waals surface area contributed by atoms with Crippen LogP contribution in [0.2, 0.25) is 5.02 Å². The highest BCUT2D eigenvalue weighted by Gasteiger charge is 2.35. The van der Waals surface area contributed by atoms with Crippen molar-refractivity contribution in [3.8, 4) is 17.1 Å². The van der Waals surface area contributed by atoms with Crippen LogP contribution in [0, 0.1) is 0 Å². The van der Waals surface area contributed by atoms with E-state index in [4.69, 9.17) is 26.6 Å². The van der Waals surface area contributed by atoms with Crippen molar-refractivity contribution in [2.75, 3.05) is 18.7 Å². The van der Waals surface area contributed by atoms with Gasteiger partial charge in [-0.1, -0.05) is 47.6 Å². The SMILES string of the molecule is COc1ccccc1-c1nnc(SCC(=O)N2N=C(c3ccc(Cl)cc3)C[C@@H]2c2ccco2)n1N. The van der Waals surface area contributed by atoms with Gasteiger partial charge in [-0.3, -0.25) is 4.79 Å². The molecule has 0 spiro atoms. The lowest BCUT2D eigenvalue weighted by molar-refractivity contribution is -0.130. The second-order valence-electron chi connectivity index (χ2n) is 7.69. The maximum atomic E-state index is 13.3. The van der Waals surface area contributed by atoms with E-state index < -0.39 is 0 Å². The van der Waals surface area contributed by atoms with Gasteiger partial charge in [0.05, 0.1) is 30.4 Å². The van der Waals surface area contributed by atoms with Crippen LogP contribution in [0.1, 0.15) is 23.8 Å². The highest BCUT2D eigenvalue weighted by Crippen LogP contribution is 2.34. The lowest BCUT2D eigenvalue weighted by Crippen LogP contribution is -2.28. The molecule has 11 heteroatoms. The number of furan rings is 1. The predicted octanol–water partition coefficient (Wildman–Crippen LogP) is 4.38. The molecule has 0 saturated heterocycles. The Morgan fingerprint density at radius 3 is 2.71 bits per heavy atom. The molecule has 2 aromatic carbocycles. The summed E-state index contributed by atoms with van der Waals surface area (Å²) in [7, 11) is 1.58. The number of hydrazone groups is 1. The van der Waals surface area contributed by atoms with Crippen molar-refractivity contribution in [2.24, 2.45) is 5.10 Å². The fraction of sp³-hybridized carbons (Fsp3) is 0.167. The standard InChI is InChI=1S/C24H21ClN6O3S/c1-33-20-6-3-2-5-17(20)23-27-28-24(30(23)26)35-14-22(32)31-19(21-7-4-12-34-21)13-18(29-31)15-8-10-16(25)11-9-15/h2-12,19H,13-14,26H2,1H3/t19-/m1/s1. The quantitative estimate of drug-likeness (QED) is 0.291. The number of aromatic nitrogens is 3. The first kappa shape index (κ1) is 23.0. The summed E-state index contributed by atoms with van der Waals surface area (Å²) in [5.74, 6) is 7.84. The summed E-state index contributed by atoms with van der Waals surface area (Å²) in [5.41, 5.74) is 2.39. The number of hydrogen-bond acceptors (Lipinski definition) is 8. The molecule has 1 aliphatic heterocycles. The molecule has 3 heterocycles. The number of carbonyl (C=O) groups is 1. The first-order valence-corrected chi connectivity index (χ1v) is 12.1. The number of amides is 1. The third-order valence-electron chi connectivity index (χ3n) is 5.55. The minimum Gasteiger partial charge on any atom is -0.496 e. The molecule has 0 saturated carbocycles. The van der Waals surface area contributed by atoms with Gasteiger partial charge in [-0.15, -0.1) is 10.2 Å². The number of thioether (sulfide) groups is 1. The maximum absolute atomic E-state index is 13.3. The molecule has 1 atom stereocenters. The zero-order valence-electron chi connectivity index (χ0n) is 18.7. The Hall–Kier alpha value is -3.76. The van der Waals surface area contributed by atoms with E-state index >= 15 is 0 Å². The Morgan fingerprint density at radius 2 is 1.97 bits per heavy atom. The fourth-order valence-electron chi connectivity index (χ4n) is 3.84. The number of nitrogens with zero attached hydrogens (tertiary/aromatic N) is 5. The normalized spacial score (nSPS) is 15.3. The Kier molecular flexibility index (Phi) is 6.47. The Labute approximate surface area is 210 Å². The van der Waals surface area contributed by atoms with Crippen molar-refractivity contribution in [1.82, 2.24) is 19.9 Å². The minimum absolute atomic E-state index is 0.0653. The average Bonchev–Trinajstić information content (AvgIpc) is 3.63. The van der Waals surface area contributed by atoms with Crippen LogP contribution in [0.15, 0.2) is 81.6 Å². The number of nitrogens with two attached hydrogens (primary N) is 1. The number of nitrogen functional groups attached to an aromatic ring is 1. The van der Waals surface area contributed by atoms with Crippen LogP contribution < -0.4 is 10.6 Å². The Bertz CT molecular complexity index is 1370. The van der Waals surface area contributed by atoms with E-state index in [-0.39, 0.29) is 17.7 Å². The van der Waals surface area contributed by atoms with E-state index in [9.17, 15) is 4.79 Å². The smallest absolute Gasteiger partial charge is 0.253 e. The second kappa shape index (κ2) is 9.85. The van der Waals surface area contributed by atoms with Gasteiger partial charge < -0.3 is 15.0 Å². The summed E-state index contributed by atoms with van der Waals surface area (Å²) in [6.45, 7) is 0. The van der Waals surface area contributed by atoms with Crippen molar-refractivity contribution >= 4 is 35.0 Å². The van der Waals surface area contributed by atoms with E-state index in [2.05, 4.69) is 15.3 Å². The van der Waals surface area contributed by atoms with Gasteiger partial charge in [0.1, 0.15) is 17.6 Å². The number of para-hydroxylation sites is 1. The molecular weight excluding hydrogens is 488 g/mol. The predicted molar refractivity (Wildman–Crippen MR) is 134 cm³/mol. The fourth-order valence-corrected chi connectivity index (χ4v) is 4.68. The van der Waals surface area contributed by atoms with Gasteiger partial charge in [0.15, 0.2) is 5.82 Å².